The normalized spacial score (nSPS) is 20.6. The minimum atomic E-state index is -0.788. The summed E-state index contributed by atoms with van der Waals surface area (Å²) >= 11 is 0. The van der Waals surface area contributed by atoms with E-state index in [9.17, 15) is 14.7 Å². The summed E-state index contributed by atoms with van der Waals surface area (Å²) in [4.78, 5) is 32.0. The zero-order valence-electron chi connectivity index (χ0n) is 22.0. The van der Waals surface area contributed by atoms with Crippen LogP contribution < -0.4 is 9.47 Å². The maximum Gasteiger partial charge on any atom is 0.315 e. The van der Waals surface area contributed by atoms with Crippen molar-refractivity contribution in [3.05, 3.63) is 101 Å². The third-order valence-electron chi connectivity index (χ3n) is 7.30. The zero-order chi connectivity index (χ0) is 27.4. The Hall–Kier alpha value is -4.39. The molecule has 7 heteroatoms. The maximum absolute atomic E-state index is 13.7. The van der Waals surface area contributed by atoms with Crippen molar-refractivity contribution in [3.8, 4) is 17.2 Å². The van der Waals surface area contributed by atoms with Gasteiger partial charge >= 0.3 is 5.97 Å². The Morgan fingerprint density at radius 1 is 0.923 bits per heavy atom. The molecule has 3 atom stereocenters. The molecule has 1 aliphatic carbocycles. The van der Waals surface area contributed by atoms with Gasteiger partial charge in [-0.2, -0.15) is 0 Å². The van der Waals surface area contributed by atoms with Crippen LogP contribution in [0.4, 0.5) is 0 Å². The van der Waals surface area contributed by atoms with Crippen molar-refractivity contribution in [3.63, 3.8) is 0 Å². The van der Waals surface area contributed by atoms with Crippen LogP contribution in [0.5, 0.6) is 17.2 Å². The van der Waals surface area contributed by atoms with Crippen molar-refractivity contribution < 1.29 is 28.9 Å². The van der Waals surface area contributed by atoms with Crippen molar-refractivity contribution in [1.29, 1.82) is 0 Å². The Balaban J connectivity index is 1.41. The van der Waals surface area contributed by atoms with Gasteiger partial charge < -0.3 is 19.3 Å². The number of ketones is 1. The van der Waals surface area contributed by atoms with Crippen LogP contribution in [-0.4, -0.2) is 42.9 Å². The van der Waals surface area contributed by atoms with Gasteiger partial charge in [-0.1, -0.05) is 42.5 Å². The molecule has 1 aliphatic heterocycles. The summed E-state index contributed by atoms with van der Waals surface area (Å²) in [5, 5.41) is 10.2. The lowest BCUT2D eigenvalue weighted by molar-refractivity contribution is -0.147. The van der Waals surface area contributed by atoms with E-state index in [2.05, 4.69) is 0 Å². The van der Waals surface area contributed by atoms with Crippen LogP contribution in [0.15, 0.2) is 95.1 Å². The number of hydrogen-bond acceptors (Lipinski definition) is 7. The Morgan fingerprint density at radius 3 is 2.41 bits per heavy atom. The number of Topliss-reactive ketones (excluding diaryl/α,β-unsaturated/α-hetero) is 1. The Kier molecular flexibility index (Phi) is 7.77. The standard InChI is InChI=1S/C32H31NO6/c1-20-29(32(36)39-16-15-38-26-9-4-3-5-10-26)30(22-7-6-8-24(34)17-22)31-27(33-20)18-23(19-28(31)35)21-11-13-25(37-2)14-12-21/h3-14,17,23,29-30,34H,15-16,18-19H2,1-2H3/t23-,29?,30-/m1/s1. The van der Waals surface area contributed by atoms with Crippen LogP contribution in [0.25, 0.3) is 0 Å². The lowest BCUT2D eigenvalue weighted by Gasteiger charge is -2.36. The lowest BCUT2D eigenvalue weighted by Crippen LogP contribution is -2.38. The highest BCUT2D eigenvalue weighted by Crippen LogP contribution is 2.47. The highest BCUT2D eigenvalue weighted by molar-refractivity contribution is 6.09. The zero-order valence-corrected chi connectivity index (χ0v) is 22.0. The van der Waals surface area contributed by atoms with Crippen molar-refractivity contribution >= 4 is 17.5 Å². The van der Waals surface area contributed by atoms with Crippen LogP contribution in [0.2, 0.25) is 0 Å². The number of ether oxygens (including phenoxy) is 3. The molecule has 1 heterocycles. The SMILES string of the molecule is COc1ccc([C@H]2CC(=O)C3=C(C2)N=C(C)C(C(=O)OCCOc2ccccc2)[C@H]3c2cccc(O)c2)cc1. The Labute approximate surface area is 227 Å². The monoisotopic (exact) mass is 525 g/mol. The number of carbonyl (C=O) groups is 2. The predicted molar refractivity (Wildman–Crippen MR) is 147 cm³/mol. The average molecular weight is 526 g/mol. The third kappa shape index (κ3) is 5.72. The number of allylic oxidation sites excluding steroid dienone is 2. The van der Waals surface area contributed by atoms with Gasteiger partial charge in [0.05, 0.1) is 7.11 Å². The number of esters is 1. The second kappa shape index (κ2) is 11.6. The Morgan fingerprint density at radius 2 is 1.69 bits per heavy atom. The van der Waals surface area contributed by atoms with Crippen molar-refractivity contribution in [2.24, 2.45) is 10.9 Å². The van der Waals surface area contributed by atoms with Crippen LogP contribution in [0.1, 0.15) is 42.7 Å². The van der Waals surface area contributed by atoms with Crippen LogP contribution in [0.3, 0.4) is 0 Å². The molecule has 0 amide bonds. The third-order valence-corrected chi connectivity index (χ3v) is 7.30. The smallest absolute Gasteiger partial charge is 0.315 e. The molecular formula is C32H31NO6. The molecule has 3 aromatic carbocycles. The number of para-hydroxylation sites is 1. The van der Waals surface area contributed by atoms with E-state index in [0.29, 0.717) is 41.1 Å². The first-order valence-corrected chi connectivity index (χ1v) is 13.0. The largest absolute Gasteiger partial charge is 0.508 e. The van der Waals surface area contributed by atoms with Crippen LogP contribution in [-0.2, 0) is 14.3 Å². The molecule has 1 N–H and O–H groups in total. The first kappa shape index (κ1) is 26.2. The number of aliphatic imine (C=N–C) groups is 1. The number of benzene rings is 3. The van der Waals surface area contributed by atoms with E-state index in [0.717, 1.165) is 11.3 Å². The van der Waals surface area contributed by atoms with Gasteiger partial charge in [0.1, 0.15) is 36.4 Å². The predicted octanol–water partition coefficient (Wildman–Crippen LogP) is 5.60. The summed E-state index contributed by atoms with van der Waals surface area (Å²) in [6.45, 7) is 2.06. The number of methoxy groups -OCH3 is 1. The van der Waals surface area contributed by atoms with Gasteiger partial charge in [-0.15, -0.1) is 0 Å². The van der Waals surface area contributed by atoms with E-state index >= 15 is 0 Å². The molecule has 0 fully saturated rings. The van der Waals surface area contributed by atoms with Crippen LogP contribution in [0, 0.1) is 5.92 Å². The van der Waals surface area contributed by atoms with E-state index in [4.69, 9.17) is 19.2 Å². The number of phenolic OH excluding ortho intramolecular Hbond substituents is 1. The molecule has 5 rings (SSSR count). The molecule has 200 valence electrons. The van der Waals surface area contributed by atoms with E-state index in [1.54, 1.807) is 32.2 Å². The molecular weight excluding hydrogens is 494 g/mol. The summed E-state index contributed by atoms with van der Waals surface area (Å²) in [6.07, 6.45) is 0.883. The molecule has 0 saturated heterocycles. The highest BCUT2D eigenvalue weighted by Gasteiger charge is 2.44. The van der Waals surface area contributed by atoms with E-state index < -0.39 is 17.8 Å². The van der Waals surface area contributed by atoms with Crippen molar-refractivity contribution in [2.75, 3.05) is 20.3 Å². The topological polar surface area (TPSA) is 94.4 Å². The highest BCUT2D eigenvalue weighted by atomic mass is 16.6. The van der Waals surface area contributed by atoms with Gasteiger partial charge in [-0.25, -0.2) is 0 Å². The van der Waals surface area contributed by atoms with Gasteiger partial charge in [0.25, 0.3) is 0 Å². The van der Waals surface area contributed by atoms with Gasteiger partial charge in [0.15, 0.2) is 5.78 Å². The molecule has 1 unspecified atom stereocenters. The lowest BCUT2D eigenvalue weighted by atomic mass is 9.69. The van der Waals surface area contributed by atoms with Crippen molar-refractivity contribution in [1.82, 2.24) is 0 Å². The first-order chi connectivity index (χ1) is 18.9. The van der Waals surface area contributed by atoms with E-state index in [1.165, 1.54) is 0 Å². The fourth-order valence-electron chi connectivity index (χ4n) is 5.46. The average Bonchev–Trinajstić information content (AvgIpc) is 2.95. The molecule has 0 radical (unpaired) electrons. The molecule has 0 aromatic heterocycles. The van der Waals surface area contributed by atoms with Crippen molar-refractivity contribution in [2.45, 2.75) is 31.6 Å². The number of hydrogen-bond donors (Lipinski definition) is 1. The molecule has 0 bridgehead atoms. The van der Waals surface area contributed by atoms with Gasteiger partial charge in [-0.05, 0) is 66.8 Å². The summed E-state index contributed by atoms with van der Waals surface area (Å²) in [6, 6.07) is 23.8. The molecule has 2 aliphatic rings. The first-order valence-electron chi connectivity index (χ1n) is 13.0. The minimum absolute atomic E-state index is 0.0258. The Bertz CT molecular complexity index is 1410. The summed E-state index contributed by atoms with van der Waals surface area (Å²) < 4.78 is 16.6. The minimum Gasteiger partial charge on any atom is -0.508 e. The second-order valence-electron chi connectivity index (χ2n) is 9.79. The summed E-state index contributed by atoms with van der Waals surface area (Å²) in [5.41, 5.74) is 3.51. The number of carbonyl (C=O) groups excluding carboxylic acids is 2. The van der Waals surface area contributed by atoms with Gasteiger partial charge in [0, 0.05) is 29.3 Å². The fourth-order valence-corrected chi connectivity index (χ4v) is 5.46. The van der Waals surface area contributed by atoms with E-state index in [-0.39, 0.29) is 30.7 Å². The maximum atomic E-state index is 13.7. The molecule has 7 nitrogen and oxygen atoms in total. The molecule has 0 saturated carbocycles. The molecule has 0 spiro atoms. The quantitative estimate of drug-likeness (QED) is 0.304. The second-order valence-corrected chi connectivity index (χ2v) is 9.79. The van der Waals surface area contributed by atoms with E-state index in [1.807, 2.05) is 60.7 Å². The van der Waals surface area contributed by atoms with Gasteiger partial charge in [0.2, 0.25) is 0 Å². The number of phenols is 1. The summed E-state index contributed by atoms with van der Waals surface area (Å²) in [5.74, 6) is -0.424. The van der Waals surface area contributed by atoms with Crippen LogP contribution >= 0.6 is 0 Å². The molecule has 39 heavy (non-hydrogen) atoms. The fraction of sp³-hybridized carbons (Fsp3) is 0.281. The molecule has 3 aromatic rings. The number of rotatable bonds is 8. The number of nitrogens with zero attached hydrogens (tertiary/aromatic N) is 1. The van der Waals surface area contributed by atoms with Gasteiger partial charge in [-0.3, -0.25) is 14.6 Å². The summed E-state index contributed by atoms with van der Waals surface area (Å²) in [7, 11) is 1.62. The number of aromatic hydroxyl groups is 1.